The van der Waals surface area contributed by atoms with Crippen LogP contribution in [0.2, 0.25) is 0 Å². The standard InChI is InChI=1S/C18H20NO3.C7H8O4S/c1-21-18(20)16-6-4-9-19(12-16)10-8-14-11-15-5-2-3-7-17(15)22-13-14;1-5-2-3-6(8)4-7(5)12(9,10)11/h2-7,9,12,14H,8,10-11,13H2,1H3;2-4,8H,1H3,(H,9,10,11)/q+1;/p-1. The number of phenolic OH excluding ortho intramolecular Hbond substituents is 1. The van der Waals surface area contributed by atoms with Crippen LogP contribution in [-0.4, -0.2) is 37.8 Å². The SMILES string of the molecule is COC(=O)c1ccc[n+](CCC2COc3ccccc3C2)c1.Cc1ccc(O)cc1S(=O)(=O)[O-]. The first-order valence-electron chi connectivity index (χ1n) is 10.7. The smallest absolute Gasteiger partial charge is 0.343 e. The number of hydrogen-bond acceptors (Lipinski definition) is 7. The Labute approximate surface area is 199 Å². The Morgan fingerprint density at radius 3 is 2.68 bits per heavy atom. The molecule has 0 fully saturated rings. The number of carbonyl (C=O) groups is 1. The molecule has 8 nitrogen and oxygen atoms in total. The Hall–Kier alpha value is -3.43. The fraction of sp³-hybridized carbons (Fsp3) is 0.280. The third-order valence-corrected chi connectivity index (χ3v) is 6.45. The summed E-state index contributed by atoms with van der Waals surface area (Å²) in [7, 11) is -3.07. The molecule has 1 aliphatic rings. The zero-order valence-electron chi connectivity index (χ0n) is 19.0. The lowest BCUT2D eigenvalue weighted by atomic mass is 9.94. The van der Waals surface area contributed by atoms with E-state index in [0.717, 1.165) is 37.8 Å². The maximum Gasteiger partial charge on any atom is 0.343 e. The molecule has 0 amide bonds. The summed E-state index contributed by atoms with van der Waals surface area (Å²) in [6.45, 7) is 3.11. The van der Waals surface area contributed by atoms with Crippen LogP contribution in [0, 0.1) is 12.8 Å². The minimum atomic E-state index is -4.47. The van der Waals surface area contributed by atoms with E-state index in [-0.39, 0.29) is 16.6 Å². The fourth-order valence-electron chi connectivity index (χ4n) is 3.67. The number of hydrogen-bond donors (Lipinski definition) is 1. The Balaban J connectivity index is 0.000000229. The van der Waals surface area contributed by atoms with Crippen LogP contribution in [-0.2, 0) is 27.8 Å². The Morgan fingerprint density at radius 1 is 1.21 bits per heavy atom. The second kappa shape index (κ2) is 11.1. The Kier molecular flexibility index (Phi) is 8.25. The van der Waals surface area contributed by atoms with E-state index in [4.69, 9.17) is 14.6 Å². The number of methoxy groups -OCH3 is 1. The summed E-state index contributed by atoms with van der Waals surface area (Å²) in [5.74, 6) is 0.988. The van der Waals surface area contributed by atoms with Crippen LogP contribution in [0.1, 0.15) is 27.9 Å². The summed E-state index contributed by atoms with van der Waals surface area (Å²) < 4.78 is 44.2. The number of carbonyl (C=O) groups excluding carboxylic acids is 1. The van der Waals surface area contributed by atoms with E-state index < -0.39 is 10.1 Å². The van der Waals surface area contributed by atoms with Crippen LogP contribution >= 0.6 is 0 Å². The molecule has 34 heavy (non-hydrogen) atoms. The highest BCUT2D eigenvalue weighted by Gasteiger charge is 2.21. The highest BCUT2D eigenvalue weighted by molar-refractivity contribution is 7.85. The van der Waals surface area contributed by atoms with Gasteiger partial charge in [-0.3, -0.25) is 0 Å². The first kappa shape index (κ1) is 25.2. The molecule has 3 aromatic rings. The van der Waals surface area contributed by atoms with Crippen molar-refractivity contribution in [3.8, 4) is 11.5 Å². The van der Waals surface area contributed by atoms with E-state index in [0.29, 0.717) is 17.0 Å². The predicted octanol–water partition coefficient (Wildman–Crippen LogP) is 3.01. The van der Waals surface area contributed by atoms with Crippen LogP contribution in [0.15, 0.2) is 71.9 Å². The van der Waals surface area contributed by atoms with Gasteiger partial charge < -0.3 is 19.1 Å². The molecule has 1 N–H and O–H groups in total. The van der Waals surface area contributed by atoms with E-state index >= 15 is 0 Å². The van der Waals surface area contributed by atoms with Crippen molar-refractivity contribution in [1.82, 2.24) is 0 Å². The molecule has 1 unspecified atom stereocenters. The van der Waals surface area contributed by atoms with E-state index in [2.05, 4.69) is 12.1 Å². The van der Waals surface area contributed by atoms with Gasteiger partial charge in [-0.2, -0.15) is 0 Å². The third kappa shape index (κ3) is 6.79. The zero-order chi connectivity index (χ0) is 24.7. The summed E-state index contributed by atoms with van der Waals surface area (Å²) >= 11 is 0. The summed E-state index contributed by atoms with van der Waals surface area (Å²) in [4.78, 5) is 11.2. The summed E-state index contributed by atoms with van der Waals surface area (Å²) in [6, 6.07) is 15.5. The van der Waals surface area contributed by atoms with E-state index in [1.807, 2.05) is 35.2 Å². The number of para-hydroxylation sites is 1. The normalized spacial score (nSPS) is 14.7. The average Bonchev–Trinajstić information content (AvgIpc) is 2.83. The highest BCUT2D eigenvalue weighted by Crippen LogP contribution is 2.28. The van der Waals surface area contributed by atoms with Gasteiger partial charge in [-0.1, -0.05) is 24.3 Å². The van der Waals surface area contributed by atoms with E-state index in [1.165, 1.54) is 31.7 Å². The minimum Gasteiger partial charge on any atom is -0.744 e. The van der Waals surface area contributed by atoms with Crippen molar-refractivity contribution in [2.45, 2.75) is 31.2 Å². The lowest BCUT2D eigenvalue weighted by Gasteiger charge is -2.24. The molecule has 4 rings (SSSR count). The van der Waals surface area contributed by atoms with Crippen LogP contribution in [0.4, 0.5) is 0 Å². The molecular formula is C25H27NO7S. The number of phenols is 1. The molecular weight excluding hydrogens is 458 g/mol. The van der Waals surface area contributed by atoms with Crippen molar-refractivity contribution in [1.29, 1.82) is 0 Å². The molecule has 0 saturated carbocycles. The molecule has 2 heterocycles. The molecule has 1 aromatic heterocycles. The Morgan fingerprint density at radius 2 is 1.97 bits per heavy atom. The molecule has 0 bridgehead atoms. The zero-order valence-corrected chi connectivity index (χ0v) is 19.8. The second-order valence-corrected chi connectivity index (χ2v) is 9.35. The number of pyridine rings is 1. The monoisotopic (exact) mass is 485 g/mol. The minimum absolute atomic E-state index is 0.227. The summed E-state index contributed by atoms with van der Waals surface area (Å²) in [6.07, 6.45) is 5.88. The summed E-state index contributed by atoms with van der Waals surface area (Å²) in [5.41, 5.74) is 2.20. The number of fused-ring (bicyclic) bond motifs is 1. The number of ether oxygens (including phenoxy) is 2. The first-order valence-corrected chi connectivity index (χ1v) is 12.1. The number of benzene rings is 2. The van der Waals surface area contributed by atoms with Crippen molar-refractivity contribution < 1.29 is 36.9 Å². The molecule has 0 radical (unpaired) electrons. The molecule has 1 atom stereocenters. The molecule has 9 heteroatoms. The number of aromatic hydroxyl groups is 1. The van der Waals surface area contributed by atoms with Gasteiger partial charge >= 0.3 is 5.97 Å². The number of nitrogens with zero attached hydrogens (tertiary/aromatic N) is 1. The molecule has 2 aromatic carbocycles. The third-order valence-electron chi connectivity index (χ3n) is 5.47. The van der Waals surface area contributed by atoms with Crippen molar-refractivity contribution >= 4 is 16.1 Å². The number of esters is 1. The fourth-order valence-corrected chi connectivity index (χ4v) is 4.39. The lowest BCUT2D eigenvalue weighted by Crippen LogP contribution is -2.36. The van der Waals surface area contributed by atoms with Gasteiger partial charge in [0.2, 0.25) is 0 Å². The van der Waals surface area contributed by atoms with Gasteiger partial charge in [0.25, 0.3) is 0 Å². The van der Waals surface area contributed by atoms with Crippen molar-refractivity contribution in [2.75, 3.05) is 13.7 Å². The second-order valence-electron chi connectivity index (χ2n) is 8.00. The summed E-state index contributed by atoms with van der Waals surface area (Å²) in [5, 5.41) is 8.90. The van der Waals surface area contributed by atoms with Gasteiger partial charge in [-0.25, -0.2) is 17.8 Å². The number of aromatic nitrogens is 1. The van der Waals surface area contributed by atoms with Crippen LogP contribution < -0.4 is 9.30 Å². The molecule has 0 aliphatic carbocycles. The van der Waals surface area contributed by atoms with E-state index in [9.17, 15) is 17.8 Å². The maximum absolute atomic E-state index is 11.6. The van der Waals surface area contributed by atoms with Crippen LogP contribution in [0.25, 0.3) is 0 Å². The van der Waals surface area contributed by atoms with Gasteiger partial charge in [0.15, 0.2) is 12.4 Å². The van der Waals surface area contributed by atoms with Gasteiger partial charge in [-0.05, 0) is 48.7 Å². The van der Waals surface area contributed by atoms with Gasteiger partial charge in [-0.15, -0.1) is 0 Å². The largest absolute Gasteiger partial charge is 0.744 e. The lowest BCUT2D eigenvalue weighted by molar-refractivity contribution is -0.698. The highest BCUT2D eigenvalue weighted by atomic mass is 32.2. The first-order chi connectivity index (χ1) is 16.2. The number of aryl methyl sites for hydroxylation is 2. The van der Waals surface area contributed by atoms with Crippen LogP contribution in [0.5, 0.6) is 11.5 Å². The molecule has 180 valence electrons. The van der Waals surface area contributed by atoms with Gasteiger partial charge in [0.1, 0.15) is 33.7 Å². The Bertz CT molecular complexity index is 1260. The topological polar surface area (TPSA) is 117 Å². The maximum atomic E-state index is 11.6. The number of rotatable bonds is 5. The van der Waals surface area contributed by atoms with Gasteiger partial charge in [0.05, 0.1) is 18.6 Å². The average molecular weight is 486 g/mol. The van der Waals surface area contributed by atoms with Crippen molar-refractivity contribution in [3.05, 3.63) is 83.7 Å². The molecule has 0 spiro atoms. The van der Waals surface area contributed by atoms with Gasteiger partial charge in [0, 0.05) is 18.4 Å². The molecule has 0 saturated heterocycles. The van der Waals surface area contributed by atoms with Crippen molar-refractivity contribution in [2.24, 2.45) is 5.92 Å². The molecule has 1 aliphatic heterocycles. The van der Waals surface area contributed by atoms with E-state index in [1.54, 1.807) is 6.07 Å². The van der Waals surface area contributed by atoms with Crippen LogP contribution in [0.3, 0.4) is 0 Å². The quantitative estimate of drug-likeness (QED) is 0.335. The predicted molar refractivity (Wildman–Crippen MR) is 123 cm³/mol. The van der Waals surface area contributed by atoms with Crippen molar-refractivity contribution in [3.63, 3.8) is 0 Å².